The van der Waals surface area contributed by atoms with Gasteiger partial charge in [-0.3, -0.25) is 14.9 Å². The maximum Gasteiger partial charge on any atom is 0.270 e. The Morgan fingerprint density at radius 1 is 1.00 bits per heavy atom. The topological polar surface area (TPSA) is 116 Å². The summed E-state index contributed by atoms with van der Waals surface area (Å²) in [5.74, 6) is 2.00. The van der Waals surface area contributed by atoms with Crippen molar-refractivity contribution in [2.24, 2.45) is 0 Å². The monoisotopic (exact) mass is 598 g/mol. The number of carbonyl (C=O) groups is 1. The molecule has 1 amide bonds. The average molecular weight is 599 g/mol. The Hall–Kier alpha value is -3.39. The van der Waals surface area contributed by atoms with E-state index < -0.39 is 4.92 Å². The van der Waals surface area contributed by atoms with Crippen LogP contribution < -0.4 is 14.8 Å². The lowest BCUT2D eigenvalue weighted by Gasteiger charge is -2.06. The van der Waals surface area contributed by atoms with Crippen molar-refractivity contribution in [2.45, 2.75) is 21.4 Å². The first-order chi connectivity index (χ1) is 18.9. The van der Waals surface area contributed by atoms with Crippen LogP contribution in [-0.4, -0.2) is 40.3 Å². The van der Waals surface area contributed by atoms with E-state index in [1.807, 2.05) is 43.3 Å². The van der Waals surface area contributed by atoms with Gasteiger partial charge in [-0.15, -0.1) is 22.7 Å². The van der Waals surface area contributed by atoms with E-state index in [-0.39, 0.29) is 17.3 Å². The van der Waals surface area contributed by atoms with Gasteiger partial charge in [-0.25, -0.2) is 9.97 Å². The van der Waals surface area contributed by atoms with E-state index in [4.69, 9.17) is 9.47 Å². The maximum atomic E-state index is 12.6. The zero-order chi connectivity index (χ0) is 27.4. The number of fused-ring (bicyclic) bond motifs is 2. The third kappa shape index (κ3) is 6.61. The highest BCUT2D eigenvalue weighted by Gasteiger charge is 2.14. The summed E-state index contributed by atoms with van der Waals surface area (Å²) in [7, 11) is 1.54. The predicted octanol–water partition coefficient (Wildman–Crippen LogP) is 7.24. The number of hydrogen-bond acceptors (Lipinski definition) is 11. The predicted molar refractivity (Wildman–Crippen MR) is 159 cm³/mol. The summed E-state index contributed by atoms with van der Waals surface area (Å²) >= 11 is 5.92. The molecule has 0 fully saturated rings. The minimum atomic E-state index is -0.420. The molecule has 5 rings (SSSR count). The van der Waals surface area contributed by atoms with Gasteiger partial charge in [-0.1, -0.05) is 23.5 Å². The molecule has 0 spiro atoms. The Balaban J connectivity index is 1.20. The lowest BCUT2D eigenvalue weighted by Crippen LogP contribution is -2.13. The van der Waals surface area contributed by atoms with Gasteiger partial charge >= 0.3 is 0 Å². The molecule has 0 bridgehead atoms. The number of aromatic nitrogens is 2. The number of ether oxygens (including phenoxy) is 2. The first kappa shape index (κ1) is 27.2. The highest BCUT2D eigenvalue weighted by atomic mass is 32.2. The Bertz CT molecular complexity index is 1670. The van der Waals surface area contributed by atoms with Crippen LogP contribution in [0.15, 0.2) is 63.3 Å². The number of thiazole rings is 2. The summed E-state index contributed by atoms with van der Waals surface area (Å²) < 4.78 is 14.5. The number of rotatable bonds is 11. The van der Waals surface area contributed by atoms with Crippen molar-refractivity contribution in [2.75, 3.05) is 24.8 Å². The Morgan fingerprint density at radius 2 is 1.72 bits per heavy atom. The lowest BCUT2D eigenvalue weighted by molar-refractivity contribution is -0.384. The number of nitro groups is 1. The number of amides is 1. The van der Waals surface area contributed by atoms with Gasteiger partial charge in [0.2, 0.25) is 5.91 Å². The van der Waals surface area contributed by atoms with Gasteiger partial charge in [0, 0.05) is 29.1 Å². The van der Waals surface area contributed by atoms with Crippen molar-refractivity contribution in [3.8, 4) is 11.5 Å². The van der Waals surface area contributed by atoms with Crippen LogP contribution in [0.1, 0.15) is 12.5 Å². The maximum absolute atomic E-state index is 12.6. The zero-order valence-electron chi connectivity index (χ0n) is 20.8. The van der Waals surface area contributed by atoms with E-state index in [0.29, 0.717) is 23.8 Å². The molecule has 1 N–H and O–H groups in total. The molecule has 2 heterocycles. The number of nitrogens with one attached hydrogen (secondary N) is 1. The molecule has 0 saturated heterocycles. The molecule has 0 aliphatic heterocycles. The number of nitrogens with zero attached hydrogens (tertiary/aromatic N) is 3. The number of carbonyl (C=O) groups excluding carboxylic acids is 1. The summed E-state index contributed by atoms with van der Waals surface area (Å²) in [4.78, 5) is 32.6. The van der Waals surface area contributed by atoms with Crippen molar-refractivity contribution in [1.82, 2.24) is 9.97 Å². The van der Waals surface area contributed by atoms with Crippen LogP contribution >= 0.6 is 46.2 Å². The molecule has 0 unspecified atom stereocenters. The fraction of sp³-hybridized carbons (Fsp3) is 0.192. The highest BCUT2D eigenvalue weighted by Crippen LogP contribution is 2.36. The van der Waals surface area contributed by atoms with Crippen LogP contribution in [0.3, 0.4) is 0 Å². The molecule has 5 aromatic rings. The fourth-order valence-corrected chi connectivity index (χ4v) is 7.68. The number of non-ortho nitro benzene ring substituents is 1. The average Bonchev–Trinajstić information content (AvgIpc) is 3.53. The molecule has 0 aliphatic rings. The Kier molecular flexibility index (Phi) is 8.50. The quantitative estimate of drug-likeness (QED) is 0.0953. The number of methoxy groups -OCH3 is 1. The third-order valence-electron chi connectivity index (χ3n) is 5.46. The van der Waals surface area contributed by atoms with E-state index in [2.05, 4.69) is 15.3 Å². The van der Waals surface area contributed by atoms with Crippen molar-refractivity contribution in [1.29, 1.82) is 0 Å². The molecule has 200 valence electrons. The second-order valence-electron chi connectivity index (χ2n) is 8.08. The van der Waals surface area contributed by atoms with Gasteiger partial charge in [0.1, 0.15) is 11.5 Å². The number of benzene rings is 3. The lowest BCUT2D eigenvalue weighted by atomic mass is 10.2. The second kappa shape index (κ2) is 12.2. The molecule has 39 heavy (non-hydrogen) atoms. The zero-order valence-corrected chi connectivity index (χ0v) is 24.1. The molecule has 0 radical (unpaired) electrons. The minimum Gasteiger partial charge on any atom is -0.496 e. The highest BCUT2D eigenvalue weighted by molar-refractivity contribution is 8.01. The van der Waals surface area contributed by atoms with E-state index in [1.54, 1.807) is 13.2 Å². The largest absolute Gasteiger partial charge is 0.496 e. The molecular formula is C26H22N4O5S4. The normalized spacial score (nSPS) is 11.1. The van der Waals surface area contributed by atoms with Crippen LogP contribution in [0.2, 0.25) is 0 Å². The molecule has 9 nitrogen and oxygen atoms in total. The van der Waals surface area contributed by atoms with Crippen molar-refractivity contribution in [3.63, 3.8) is 0 Å². The van der Waals surface area contributed by atoms with Crippen LogP contribution in [0.25, 0.3) is 20.4 Å². The fourth-order valence-electron chi connectivity index (χ4n) is 3.70. The van der Waals surface area contributed by atoms with E-state index >= 15 is 0 Å². The van der Waals surface area contributed by atoms with Gasteiger partial charge in [0.25, 0.3) is 5.69 Å². The molecule has 2 aromatic heterocycles. The Morgan fingerprint density at radius 3 is 2.44 bits per heavy atom. The van der Waals surface area contributed by atoms with Crippen LogP contribution in [-0.2, 0) is 10.5 Å². The van der Waals surface area contributed by atoms with Gasteiger partial charge in [0.15, 0.2) is 8.68 Å². The van der Waals surface area contributed by atoms with Crippen LogP contribution in [0.4, 0.5) is 11.4 Å². The van der Waals surface area contributed by atoms with Crippen molar-refractivity contribution in [3.05, 3.63) is 70.3 Å². The second-order valence-corrected chi connectivity index (χ2v) is 12.6. The van der Waals surface area contributed by atoms with Crippen LogP contribution in [0.5, 0.6) is 11.5 Å². The molecule has 0 atom stereocenters. The van der Waals surface area contributed by atoms with Gasteiger partial charge in [0.05, 0.1) is 44.8 Å². The minimum absolute atomic E-state index is 0.0214. The number of anilines is 1. The number of hydrogen-bond donors (Lipinski definition) is 1. The summed E-state index contributed by atoms with van der Waals surface area (Å²) in [6, 6.07) is 16.0. The molecule has 3 aromatic carbocycles. The number of nitro benzene ring substituents is 1. The van der Waals surface area contributed by atoms with E-state index in [0.717, 1.165) is 40.4 Å². The van der Waals surface area contributed by atoms with Gasteiger partial charge < -0.3 is 14.8 Å². The third-order valence-corrected chi connectivity index (χ3v) is 9.83. The summed E-state index contributed by atoms with van der Waals surface area (Å²) in [6.07, 6.45) is 0. The first-order valence-electron chi connectivity index (χ1n) is 11.7. The molecular weight excluding hydrogens is 577 g/mol. The standard InChI is InChI=1S/C26H22N4O5S4/c1-3-35-18-6-8-20-23(12-18)39-26(29-20)37-14-24(31)27-16-4-7-19-22(11-16)38-25(28-19)36-13-15-10-17(30(32)33)5-9-21(15)34-2/h4-12H,3,13-14H2,1-2H3,(H,27,31). The van der Waals surface area contributed by atoms with E-state index in [1.165, 1.54) is 58.3 Å². The first-order valence-corrected chi connectivity index (χ1v) is 15.3. The molecule has 0 saturated carbocycles. The van der Waals surface area contributed by atoms with Crippen molar-refractivity contribution >= 4 is 83.9 Å². The Labute approximate surface area is 240 Å². The van der Waals surface area contributed by atoms with Crippen molar-refractivity contribution < 1.29 is 19.2 Å². The molecule has 0 aliphatic carbocycles. The van der Waals surface area contributed by atoms with Gasteiger partial charge in [-0.05, 0) is 49.4 Å². The summed E-state index contributed by atoms with van der Waals surface area (Å²) in [6.45, 7) is 2.55. The summed E-state index contributed by atoms with van der Waals surface area (Å²) in [5.41, 5.74) is 3.15. The number of thioether (sulfide) groups is 2. The van der Waals surface area contributed by atoms with Gasteiger partial charge in [-0.2, -0.15) is 0 Å². The van der Waals surface area contributed by atoms with Crippen LogP contribution in [0, 0.1) is 10.1 Å². The summed E-state index contributed by atoms with van der Waals surface area (Å²) in [5, 5.41) is 14.1. The van der Waals surface area contributed by atoms with E-state index in [9.17, 15) is 14.9 Å². The SMILES string of the molecule is CCOc1ccc2nc(SCC(=O)Nc3ccc4nc(SCc5cc([N+](=O)[O-])ccc5OC)sc4c3)sc2c1. The smallest absolute Gasteiger partial charge is 0.270 e. The molecule has 13 heteroatoms.